The molecule has 1 atom stereocenters. The third-order valence-electron chi connectivity index (χ3n) is 2.69. The number of allylic oxidation sites excluding steroid dienone is 1. The van der Waals surface area contributed by atoms with Crippen LogP contribution in [0.3, 0.4) is 0 Å². The Morgan fingerprint density at radius 3 is 2.76 bits per heavy atom. The molecule has 1 heterocycles. The minimum absolute atomic E-state index is 0.0631. The Kier molecular flexibility index (Phi) is 3.46. The number of rotatable bonds is 1. The Morgan fingerprint density at radius 2 is 2.12 bits per heavy atom. The van der Waals surface area contributed by atoms with Gasteiger partial charge in [0, 0.05) is 24.4 Å². The number of hydrogen-bond acceptors (Lipinski definition) is 1. The lowest BCUT2D eigenvalue weighted by molar-refractivity contribution is -0.126. The molecule has 2 nitrogen and oxygen atoms in total. The van der Waals surface area contributed by atoms with Crippen molar-refractivity contribution in [2.45, 2.75) is 10.3 Å². The summed E-state index contributed by atoms with van der Waals surface area (Å²) in [6.45, 7) is 0. The number of carbonyl (C=O) groups excluding carboxylic acids is 1. The van der Waals surface area contributed by atoms with Gasteiger partial charge in [0.1, 0.15) is 11.6 Å². The molecule has 17 heavy (non-hydrogen) atoms. The van der Waals surface area contributed by atoms with Gasteiger partial charge < -0.3 is 4.90 Å². The van der Waals surface area contributed by atoms with Crippen molar-refractivity contribution >= 4 is 34.2 Å². The molecule has 0 aromatic heterocycles. The maximum atomic E-state index is 13.6. The summed E-state index contributed by atoms with van der Waals surface area (Å²) >= 11 is 2.05. The van der Waals surface area contributed by atoms with Crippen molar-refractivity contribution < 1.29 is 13.6 Å². The van der Waals surface area contributed by atoms with E-state index in [1.54, 1.807) is 13.1 Å². The number of halogens is 3. The first-order chi connectivity index (χ1) is 8.00. The highest BCUT2D eigenvalue weighted by Crippen LogP contribution is 2.29. The minimum Gasteiger partial charge on any atom is -0.314 e. The van der Waals surface area contributed by atoms with E-state index in [9.17, 15) is 13.6 Å². The van der Waals surface area contributed by atoms with Gasteiger partial charge in [-0.2, -0.15) is 0 Å². The standard InChI is InChI=1S/C12H10F2INO/c1-16-11(5-4-10(15)12(16)17)8-3-2-7(13)6-9(8)14/h2-3,5-6,10H,4H2,1H3. The van der Waals surface area contributed by atoms with E-state index in [1.165, 1.54) is 17.0 Å². The van der Waals surface area contributed by atoms with Crippen LogP contribution in [-0.2, 0) is 4.79 Å². The van der Waals surface area contributed by atoms with E-state index in [1.807, 2.05) is 0 Å². The topological polar surface area (TPSA) is 20.3 Å². The number of hydrogen-bond donors (Lipinski definition) is 0. The molecule has 0 saturated carbocycles. The van der Waals surface area contributed by atoms with Crippen molar-refractivity contribution in [1.29, 1.82) is 0 Å². The monoisotopic (exact) mass is 349 g/mol. The van der Waals surface area contributed by atoms with Crippen LogP contribution in [0.15, 0.2) is 24.3 Å². The molecule has 0 fully saturated rings. The van der Waals surface area contributed by atoms with E-state index in [4.69, 9.17) is 0 Å². The van der Waals surface area contributed by atoms with Gasteiger partial charge >= 0.3 is 0 Å². The van der Waals surface area contributed by atoms with Crippen LogP contribution in [0.4, 0.5) is 8.78 Å². The predicted molar refractivity (Wildman–Crippen MR) is 69.5 cm³/mol. The van der Waals surface area contributed by atoms with Crippen LogP contribution >= 0.6 is 22.6 Å². The van der Waals surface area contributed by atoms with Crippen LogP contribution < -0.4 is 0 Å². The molecular weight excluding hydrogens is 339 g/mol. The van der Waals surface area contributed by atoms with Gasteiger partial charge in [0.05, 0.1) is 3.92 Å². The average molecular weight is 349 g/mol. The lowest BCUT2D eigenvalue weighted by Gasteiger charge is -2.28. The van der Waals surface area contributed by atoms with Gasteiger partial charge in [0.25, 0.3) is 0 Å². The Bertz CT molecular complexity index is 501. The predicted octanol–water partition coefficient (Wildman–Crippen LogP) is 2.97. The van der Waals surface area contributed by atoms with E-state index in [2.05, 4.69) is 22.6 Å². The zero-order chi connectivity index (χ0) is 12.6. The van der Waals surface area contributed by atoms with Gasteiger partial charge in [-0.25, -0.2) is 8.78 Å². The molecule has 0 aliphatic carbocycles. The smallest absolute Gasteiger partial charge is 0.240 e. The van der Waals surface area contributed by atoms with Crippen molar-refractivity contribution in [1.82, 2.24) is 4.90 Å². The molecule has 1 aromatic carbocycles. The summed E-state index contributed by atoms with van der Waals surface area (Å²) in [7, 11) is 1.60. The zero-order valence-electron chi connectivity index (χ0n) is 9.08. The third kappa shape index (κ3) is 2.34. The zero-order valence-corrected chi connectivity index (χ0v) is 11.2. The molecule has 1 aliphatic rings. The molecule has 1 aromatic rings. The number of nitrogens with zero attached hydrogens (tertiary/aromatic N) is 1. The summed E-state index contributed by atoms with van der Waals surface area (Å²) in [5.41, 5.74) is 0.756. The minimum atomic E-state index is -0.650. The molecule has 1 aliphatic heterocycles. The molecule has 0 radical (unpaired) electrons. The van der Waals surface area contributed by atoms with Crippen molar-refractivity contribution in [3.8, 4) is 0 Å². The van der Waals surface area contributed by atoms with Crippen LogP contribution in [0, 0.1) is 11.6 Å². The number of amides is 1. The first kappa shape index (κ1) is 12.5. The van der Waals surface area contributed by atoms with Crippen LogP contribution in [0.1, 0.15) is 12.0 Å². The highest BCUT2D eigenvalue weighted by Gasteiger charge is 2.27. The van der Waals surface area contributed by atoms with E-state index in [-0.39, 0.29) is 15.4 Å². The SMILES string of the molecule is CN1C(=O)C(I)CC=C1c1ccc(F)cc1F. The molecule has 0 saturated heterocycles. The van der Waals surface area contributed by atoms with Gasteiger partial charge in [-0.3, -0.25) is 4.79 Å². The second kappa shape index (κ2) is 4.72. The van der Waals surface area contributed by atoms with Gasteiger partial charge in [0.2, 0.25) is 5.91 Å². The molecule has 0 N–H and O–H groups in total. The maximum Gasteiger partial charge on any atom is 0.240 e. The van der Waals surface area contributed by atoms with Gasteiger partial charge in [-0.1, -0.05) is 28.7 Å². The van der Waals surface area contributed by atoms with Crippen LogP contribution in [0.2, 0.25) is 0 Å². The second-order valence-electron chi connectivity index (χ2n) is 3.81. The molecule has 5 heteroatoms. The highest BCUT2D eigenvalue weighted by atomic mass is 127. The number of carbonyl (C=O) groups is 1. The normalized spacial score (nSPS) is 20.5. The van der Waals surface area contributed by atoms with Crippen LogP contribution in [0.5, 0.6) is 0 Å². The highest BCUT2D eigenvalue weighted by molar-refractivity contribution is 14.1. The summed E-state index contributed by atoms with van der Waals surface area (Å²) in [6, 6.07) is 3.37. The fraction of sp³-hybridized carbons (Fsp3) is 0.250. The van der Waals surface area contributed by atoms with Crippen molar-refractivity contribution in [3.05, 3.63) is 41.5 Å². The molecule has 1 unspecified atom stereocenters. The fourth-order valence-electron chi connectivity index (χ4n) is 1.77. The largest absolute Gasteiger partial charge is 0.314 e. The van der Waals surface area contributed by atoms with E-state index in [0.29, 0.717) is 12.1 Å². The fourth-order valence-corrected chi connectivity index (χ4v) is 2.44. The number of benzene rings is 1. The first-order valence-corrected chi connectivity index (χ1v) is 6.32. The third-order valence-corrected chi connectivity index (χ3v) is 3.73. The average Bonchev–Trinajstić information content (AvgIpc) is 2.28. The Balaban J connectivity index is 2.43. The first-order valence-electron chi connectivity index (χ1n) is 5.08. The van der Waals surface area contributed by atoms with Crippen molar-refractivity contribution in [3.63, 3.8) is 0 Å². The van der Waals surface area contributed by atoms with E-state index < -0.39 is 11.6 Å². The maximum absolute atomic E-state index is 13.6. The Morgan fingerprint density at radius 1 is 1.41 bits per heavy atom. The summed E-state index contributed by atoms with van der Waals surface area (Å²) < 4.78 is 26.3. The molecule has 90 valence electrons. The van der Waals surface area contributed by atoms with Crippen LogP contribution in [-0.4, -0.2) is 21.8 Å². The molecular formula is C12H10F2INO. The van der Waals surface area contributed by atoms with Gasteiger partial charge in [-0.05, 0) is 18.6 Å². The lowest BCUT2D eigenvalue weighted by Crippen LogP contribution is -2.35. The summed E-state index contributed by atoms with van der Waals surface area (Å²) in [5.74, 6) is -1.34. The van der Waals surface area contributed by atoms with E-state index in [0.717, 1.165) is 6.07 Å². The van der Waals surface area contributed by atoms with Crippen molar-refractivity contribution in [2.75, 3.05) is 7.05 Å². The molecule has 1 amide bonds. The van der Waals surface area contributed by atoms with Crippen molar-refractivity contribution in [2.24, 2.45) is 0 Å². The van der Waals surface area contributed by atoms with E-state index >= 15 is 0 Å². The number of alkyl halides is 1. The Labute approximate surface area is 111 Å². The van der Waals surface area contributed by atoms with Gasteiger partial charge in [-0.15, -0.1) is 0 Å². The van der Waals surface area contributed by atoms with Gasteiger partial charge in [0.15, 0.2) is 0 Å². The lowest BCUT2D eigenvalue weighted by atomic mass is 10.0. The van der Waals surface area contributed by atoms with Crippen LogP contribution in [0.25, 0.3) is 5.70 Å². The second-order valence-corrected chi connectivity index (χ2v) is 5.32. The summed E-state index contributed by atoms with van der Waals surface area (Å²) in [4.78, 5) is 13.2. The molecule has 2 rings (SSSR count). The molecule has 0 spiro atoms. The quantitative estimate of drug-likeness (QED) is 0.564. The summed E-state index contributed by atoms with van der Waals surface area (Å²) in [5, 5.41) is 0. The summed E-state index contributed by atoms with van der Waals surface area (Å²) in [6.07, 6.45) is 2.37. The molecule has 0 bridgehead atoms. The Hall–Kier alpha value is -0.980.